The molecule has 4 heterocycles. The molecule has 6 rings (SSSR count). The molecule has 0 unspecified atom stereocenters. The number of morpholine rings is 1. The van der Waals surface area contributed by atoms with Crippen LogP contribution in [0.15, 0.2) is 36.1 Å². The van der Waals surface area contributed by atoms with Gasteiger partial charge in [-0.2, -0.15) is 0 Å². The Morgan fingerprint density at radius 3 is 2.74 bits per heavy atom. The first-order valence-electron chi connectivity index (χ1n) is 14.3. The van der Waals surface area contributed by atoms with Crippen molar-refractivity contribution in [1.29, 1.82) is 0 Å². The minimum atomic E-state index is -1.62. The minimum Gasteiger partial charge on any atom is -0.497 e. The van der Waals surface area contributed by atoms with E-state index < -0.39 is 17.7 Å². The third-order valence-corrected chi connectivity index (χ3v) is 9.25. The monoisotopic (exact) mass is 540 g/mol. The molecule has 9 nitrogen and oxygen atoms in total. The molecule has 2 fully saturated rings. The molecule has 1 aliphatic carbocycles. The van der Waals surface area contributed by atoms with Crippen molar-refractivity contribution in [2.75, 3.05) is 59.8 Å². The smallest absolute Gasteiger partial charge is 0.339 e. The number of hydrogen-bond acceptors (Lipinski definition) is 9. The van der Waals surface area contributed by atoms with Crippen molar-refractivity contribution in [3.05, 3.63) is 47.2 Å². The summed E-state index contributed by atoms with van der Waals surface area (Å²) in [5.41, 5.74) is 0.364. The molecule has 0 bridgehead atoms. The van der Waals surface area contributed by atoms with E-state index in [-0.39, 0.29) is 31.1 Å². The summed E-state index contributed by atoms with van der Waals surface area (Å²) in [6, 6.07) is 4.15. The lowest BCUT2D eigenvalue weighted by molar-refractivity contribution is -0.172. The van der Waals surface area contributed by atoms with Gasteiger partial charge < -0.3 is 28.8 Å². The molecule has 212 valence electrons. The van der Waals surface area contributed by atoms with Crippen LogP contribution in [-0.4, -0.2) is 98.0 Å². The summed E-state index contributed by atoms with van der Waals surface area (Å²) in [4.78, 5) is 18.5. The van der Waals surface area contributed by atoms with Crippen LogP contribution in [0.1, 0.15) is 49.7 Å². The number of nitrogens with zero attached hydrogens (tertiary/aromatic N) is 2. The number of rotatable bonds is 8. The zero-order chi connectivity index (χ0) is 27.0. The number of benzene rings is 1. The maximum absolute atomic E-state index is 13.7. The second-order valence-corrected chi connectivity index (χ2v) is 11.3. The summed E-state index contributed by atoms with van der Waals surface area (Å²) in [6.07, 6.45) is 8.80. The Bertz CT molecular complexity index is 1150. The molecule has 4 atom stereocenters. The number of carbonyl (C=O) groups is 1. The van der Waals surface area contributed by atoms with E-state index in [0.29, 0.717) is 5.76 Å². The topological polar surface area (TPSA) is 89.9 Å². The van der Waals surface area contributed by atoms with Crippen LogP contribution in [0.4, 0.5) is 0 Å². The fourth-order valence-corrected chi connectivity index (χ4v) is 6.98. The van der Waals surface area contributed by atoms with Crippen LogP contribution in [-0.2, 0) is 25.4 Å². The zero-order valence-electron chi connectivity index (χ0n) is 23.0. The fourth-order valence-electron chi connectivity index (χ4n) is 6.98. The molecule has 5 aliphatic rings. The van der Waals surface area contributed by atoms with E-state index in [4.69, 9.17) is 23.7 Å². The predicted molar refractivity (Wildman–Crippen MR) is 144 cm³/mol. The van der Waals surface area contributed by atoms with E-state index in [9.17, 15) is 9.90 Å². The van der Waals surface area contributed by atoms with Crippen LogP contribution >= 0.6 is 0 Å². The number of hydrogen-bond donors (Lipinski definition) is 1. The molecule has 0 amide bonds. The van der Waals surface area contributed by atoms with Crippen LogP contribution in [0.5, 0.6) is 11.5 Å². The lowest BCUT2D eigenvalue weighted by Crippen LogP contribution is -2.49. The highest BCUT2D eigenvalue weighted by molar-refractivity contribution is 5.80. The number of aliphatic hydroxyl groups is 1. The zero-order valence-corrected chi connectivity index (χ0v) is 23.0. The molecule has 39 heavy (non-hydrogen) atoms. The van der Waals surface area contributed by atoms with Gasteiger partial charge in [-0.25, -0.2) is 4.79 Å². The molecule has 1 N–H and O–H groups in total. The van der Waals surface area contributed by atoms with Gasteiger partial charge in [0.25, 0.3) is 0 Å². The van der Waals surface area contributed by atoms with Crippen LogP contribution in [0.25, 0.3) is 0 Å². The van der Waals surface area contributed by atoms with Gasteiger partial charge in [0.2, 0.25) is 6.79 Å². The summed E-state index contributed by atoms with van der Waals surface area (Å²) in [5, 5.41) is 11.4. The molecule has 1 aromatic carbocycles. The summed E-state index contributed by atoms with van der Waals surface area (Å²) in [5.74, 6) is 1.36. The van der Waals surface area contributed by atoms with Gasteiger partial charge >= 0.3 is 5.97 Å². The predicted octanol–water partition coefficient (Wildman–Crippen LogP) is 2.76. The third kappa shape index (κ3) is 4.73. The largest absolute Gasteiger partial charge is 0.497 e. The first-order valence-corrected chi connectivity index (χ1v) is 14.3. The fraction of sp³-hybridized carbons (Fsp3) is 0.633. The van der Waals surface area contributed by atoms with Gasteiger partial charge in [0.15, 0.2) is 23.2 Å². The first kappa shape index (κ1) is 26.6. The summed E-state index contributed by atoms with van der Waals surface area (Å²) < 4.78 is 29.0. The highest BCUT2D eigenvalue weighted by Crippen LogP contribution is 2.55. The van der Waals surface area contributed by atoms with E-state index in [1.54, 1.807) is 7.11 Å². The van der Waals surface area contributed by atoms with Crippen molar-refractivity contribution in [3.63, 3.8) is 0 Å². The van der Waals surface area contributed by atoms with Gasteiger partial charge in [0.05, 0.1) is 31.8 Å². The van der Waals surface area contributed by atoms with E-state index in [1.165, 1.54) is 5.56 Å². The third-order valence-electron chi connectivity index (χ3n) is 9.25. The van der Waals surface area contributed by atoms with E-state index >= 15 is 0 Å². The highest BCUT2D eigenvalue weighted by Gasteiger charge is 2.58. The average Bonchev–Trinajstić information content (AvgIpc) is 3.65. The van der Waals surface area contributed by atoms with Gasteiger partial charge in [-0.15, -0.1) is 0 Å². The number of methoxy groups -OCH3 is 1. The van der Waals surface area contributed by atoms with Gasteiger partial charge in [0, 0.05) is 32.6 Å². The maximum atomic E-state index is 13.7. The summed E-state index contributed by atoms with van der Waals surface area (Å²) in [6.45, 7) is 7.94. The summed E-state index contributed by atoms with van der Waals surface area (Å²) in [7, 11) is 1.63. The number of carbonyl (C=O) groups excluding carboxylic acids is 1. The Morgan fingerprint density at radius 1 is 1.18 bits per heavy atom. The first-order chi connectivity index (χ1) is 19.0. The highest BCUT2D eigenvalue weighted by atomic mass is 16.7. The molecule has 4 aliphatic heterocycles. The van der Waals surface area contributed by atoms with Gasteiger partial charge in [-0.3, -0.25) is 9.80 Å². The summed E-state index contributed by atoms with van der Waals surface area (Å²) >= 11 is 0. The van der Waals surface area contributed by atoms with Crippen molar-refractivity contribution in [2.45, 2.75) is 62.2 Å². The van der Waals surface area contributed by atoms with Crippen molar-refractivity contribution >= 4 is 5.97 Å². The van der Waals surface area contributed by atoms with Crippen LogP contribution in [0.3, 0.4) is 0 Å². The maximum Gasteiger partial charge on any atom is 0.339 e. The quantitative estimate of drug-likeness (QED) is 0.395. The van der Waals surface area contributed by atoms with Gasteiger partial charge in [0.1, 0.15) is 5.76 Å². The molecule has 0 aromatic heterocycles. The normalized spacial score (nSPS) is 29.8. The van der Waals surface area contributed by atoms with E-state index in [2.05, 4.69) is 28.0 Å². The van der Waals surface area contributed by atoms with Crippen molar-refractivity contribution in [3.8, 4) is 11.5 Å². The molecule has 1 spiro atoms. The van der Waals surface area contributed by atoms with Crippen molar-refractivity contribution < 1.29 is 33.6 Å². The van der Waals surface area contributed by atoms with Gasteiger partial charge in [-0.1, -0.05) is 19.1 Å². The SMILES string of the molecule is CC[C@](O)(C/C=C/CN1CCOCC1)C(=O)O[C@@H]1C(OC)=C[C@]23CCCN2CCc2cc4c(cc2[C@H]13)OCO4. The van der Waals surface area contributed by atoms with E-state index in [0.717, 1.165) is 82.3 Å². The lowest BCUT2D eigenvalue weighted by atomic mass is 9.77. The molecular weight excluding hydrogens is 500 g/mol. The minimum absolute atomic E-state index is 0.163. The standard InChI is InChI=1S/C30H40N2O7/c1-3-30(34,9-4-5-10-31-13-15-36-16-14-31)28(33)39-27-25(35-2)19-29-8-6-11-32(29)12-7-21-17-23-24(38-20-37-23)18-22(21)26(27)29/h4-5,17-19,26-27,34H,3,6-16,20H2,1-2H3/b5-4+/t26-,27-,29+,30+/m1/s1. The van der Waals surface area contributed by atoms with Crippen LogP contribution < -0.4 is 9.47 Å². The lowest BCUT2D eigenvalue weighted by Gasteiger charge is -2.39. The van der Waals surface area contributed by atoms with Crippen molar-refractivity contribution in [2.24, 2.45) is 0 Å². The van der Waals surface area contributed by atoms with E-state index in [1.807, 2.05) is 19.1 Å². The Labute approximate surface area is 230 Å². The molecule has 2 saturated heterocycles. The molecule has 1 aromatic rings. The van der Waals surface area contributed by atoms with Crippen LogP contribution in [0, 0.1) is 0 Å². The number of esters is 1. The number of fused-ring (bicyclic) bond motifs is 3. The average molecular weight is 541 g/mol. The molecule has 0 radical (unpaired) electrons. The van der Waals surface area contributed by atoms with Crippen molar-refractivity contribution in [1.82, 2.24) is 9.80 Å². The second kappa shape index (κ2) is 10.8. The second-order valence-electron chi connectivity index (χ2n) is 11.3. The Morgan fingerprint density at radius 2 is 1.97 bits per heavy atom. The Hall–Kier alpha value is -2.59. The molecule has 9 heteroatoms. The Balaban J connectivity index is 1.26. The molecule has 0 saturated carbocycles. The Kier molecular flexibility index (Phi) is 7.35. The van der Waals surface area contributed by atoms with Crippen LogP contribution in [0.2, 0.25) is 0 Å². The number of ether oxygens (including phenoxy) is 5. The molecular formula is C30H40N2O7. The van der Waals surface area contributed by atoms with Gasteiger partial charge in [-0.05, 0) is 61.6 Å².